The Kier molecular flexibility index (Phi) is 4.82. The van der Waals surface area contributed by atoms with Crippen LogP contribution in [0.1, 0.15) is 113 Å². The van der Waals surface area contributed by atoms with E-state index < -0.39 is 0 Å². The molecule has 4 fully saturated rings. The van der Waals surface area contributed by atoms with Crippen LogP contribution < -0.4 is 0 Å². The molecule has 5 aliphatic carbocycles. The molecule has 1 heteroatoms. The maximum atomic E-state index is 10.9. The van der Waals surface area contributed by atoms with Crippen molar-refractivity contribution in [3.8, 4) is 0 Å². The fourth-order valence-corrected chi connectivity index (χ4v) is 10.8. The van der Waals surface area contributed by atoms with Crippen LogP contribution in [0.4, 0.5) is 0 Å². The highest BCUT2D eigenvalue weighted by Gasteiger charge is 2.67. The van der Waals surface area contributed by atoms with Crippen LogP contribution in [0.15, 0.2) is 11.6 Å². The minimum atomic E-state index is -0.125. The van der Waals surface area contributed by atoms with E-state index in [2.05, 4.69) is 61.5 Å². The fraction of sp³-hybridized carbons (Fsp3) is 0.933. The van der Waals surface area contributed by atoms with Gasteiger partial charge in [0.15, 0.2) is 0 Å². The van der Waals surface area contributed by atoms with Crippen molar-refractivity contribution in [2.24, 2.45) is 56.7 Å². The summed E-state index contributed by atoms with van der Waals surface area (Å²) in [6, 6.07) is 0. The zero-order chi connectivity index (χ0) is 22.6. The van der Waals surface area contributed by atoms with Crippen LogP contribution in [0.25, 0.3) is 0 Å². The van der Waals surface area contributed by atoms with Crippen LogP contribution in [0.3, 0.4) is 0 Å². The molecule has 10 atom stereocenters. The molecule has 0 spiro atoms. The summed E-state index contributed by atoms with van der Waals surface area (Å²) in [5.41, 5.74) is 3.60. The monoisotopic (exact) mass is 426 g/mol. The first-order valence-electron chi connectivity index (χ1n) is 13.7. The van der Waals surface area contributed by atoms with Gasteiger partial charge in [-0.1, -0.05) is 67.0 Å². The lowest BCUT2D eigenvalue weighted by Crippen LogP contribution is -2.64. The predicted molar refractivity (Wildman–Crippen MR) is 131 cm³/mol. The lowest BCUT2D eigenvalue weighted by molar-refractivity contribution is -0.203. The molecule has 0 aromatic heterocycles. The first-order chi connectivity index (χ1) is 14.3. The third-order valence-electron chi connectivity index (χ3n) is 13.4. The van der Waals surface area contributed by atoms with Gasteiger partial charge in [0.1, 0.15) is 0 Å². The van der Waals surface area contributed by atoms with E-state index in [1.165, 1.54) is 51.4 Å². The lowest BCUT2D eigenvalue weighted by atomic mass is 9.33. The van der Waals surface area contributed by atoms with Crippen molar-refractivity contribution >= 4 is 0 Å². The molecule has 1 N–H and O–H groups in total. The highest BCUT2D eigenvalue weighted by molar-refractivity contribution is 5.33. The summed E-state index contributed by atoms with van der Waals surface area (Å²) in [7, 11) is 0. The van der Waals surface area contributed by atoms with E-state index in [0.29, 0.717) is 27.6 Å². The summed E-state index contributed by atoms with van der Waals surface area (Å²) < 4.78 is 0. The van der Waals surface area contributed by atoms with Gasteiger partial charge in [-0.15, -0.1) is 0 Å². The van der Waals surface area contributed by atoms with Gasteiger partial charge in [0.25, 0.3) is 0 Å². The van der Waals surface area contributed by atoms with Gasteiger partial charge in [-0.3, -0.25) is 0 Å². The SMILES string of the molecule is C[C@H]1[C@H]2C3=CC[C@@H]4[C@@]5(C)CC[C@H](O)C(C)(C)[C@@H]5CC[C@@]4(C)[C@]3(C)CC[C@@]2(C)CC[C@@H]1C. The smallest absolute Gasteiger partial charge is 0.0594 e. The molecule has 0 aliphatic heterocycles. The number of allylic oxidation sites excluding steroid dienone is 2. The largest absolute Gasteiger partial charge is 0.393 e. The standard InChI is InChI=1S/C30H50O/c1-19-11-14-27(5)17-18-29(7)21(25(27)20(19)2)9-10-23-28(6)15-13-24(31)26(3,4)22(28)12-16-30(23,29)8/h9,19-20,22-25,31H,10-18H2,1-8H3/t19-,20+,22-,23+,24-,25-,27+,28-,29+,30+/m0/s1. The summed E-state index contributed by atoms with van der Waals surface area (Å²) in [5, 5.41) is 10.9. The maximum Gasteiger partial charge on any atom is 0.0594 e. The minimum absolute atomic E-state index is 0.0533. The van der Waals surface area contributed by atoms with E-state index in [1.807, 2.05) is 5.57 Å². The molecule has 0 amide bonds. The van der Waals surface area contributed by atoms with Crippen molar-refractivity contribution in [3.63, 3.8) is 0 Å². The van der Waals surface area contributed by atoms with Gasteiger partial charge in [-0.2, -0.15) is 0 Å². The molecule has 0 bridgehead atoms. The van der Waals surface area contributed by atoms with E-state index in [4.69, 9.17) is 0 Å². The summed E-state index contributed by atoms with van der Waals surface area (Å²) in [5.74, 6) is 3.90. The lowest BCUT2D eigenvalue weighted by Gasteiger charge is -2.71. The van der Waals surface area contributed by atoms with Crippen LogP contribution in [0.5, 0.6) is 0 Å². The Morgan fingerprint density at radius 2 is 1.52 bits per heavy atom. The molecular weight excluding hydrogens is 376 g/mol. The number of aliphatic hydroxyl groups is 1. The second kappa shape index (κ2) is 6.64. The van der Waals surface area contributed by atoms with E-state index in [9.17, 15) is 5.11 Å². The minimum Gasteiger partial charge on any atom is -0.393 e. The quantitative estimate of drug-likeness (QED) is 0.389. The molecule has 0 radical (unpaired) electrons. The second-order valence-corrected chi connectivity index (χ2v) is 14.7. The van der Waals surface area contributed by atoms with Gasteiger partial charge in [0.05, 0.1) is 6.10 Å². The fourth-order valence-electron chi connectivity index (χ4n) is 10.8. The zero-order valence-electron chi connectivity index (χ0n) is 21.9. The molecule has 4 saturated carbocycles. The number of hydrogen-bond acceptors (Lipinski definition) is 1. The molecule has 1 nitrogen and oxygen atoms in total. The van der Waals surface area contributed by atoms with Crippen molar-refractivity contribution in [1.82, 2.24) is 0 Å². The number of hydrogen-bond donors (Lipinski definition) is 1. The Labute approximate surface area is 192 Å². The van der Waals surface area contributed by atoms with E-state index >= 15 is 0 Å². The molecule has 0 aromatic carbocycles. The second-order valence-electron chi connectivity index (χ2n) is 14.7. The molecular formula is C30H50O. The molecule has 0 unspecified atom stereocenters. The van der Waals surface area contributed by atoms with Crippen molar-refractivity contribution in [3.05, 3.63) is 11.6 Å². The highest BCUT2D eigenvalue weighted by Crippen LogP contribution is 2.75. The van der Waals surface area contributed by atoms with Crippen LogP contribution in [-0.4, -0.2) is 11.2 Å². The van der Waals surface area contributed by atoms with Gasteiger partial charge in [0.2, 0.25) is 0 Å². The molecule has 0 heterocycles. The average molecular weight is 427 g/mol. The van der Waals surface area contributed by atoms with Crippen molar-refractivity contribution < 1.29 is 5.11 Å². The Morgan fingerprint density at radius 3 is 2.23 bits per heavy atom. The zero-order valence-corrected chi connectivity index (χ0v) is 21.9. The number of aliphatic hydroxyl groups excluding tert-OH is 1. The van der Waals surface area contributed by atoms with Gasteiger partial charge < -0.3 is 5.11 Å². The molecule has 176 valence electrons. The molecule has 5 rings (SSSR count). The molecule has 5 aliphatic rings. The normalized spacial score (nSPS) is 58.3. The van der Waals surface area contributed by atoms with Crippen LogP contribution >= 0.6 is 0 Å². The van der Waals surface area contributed by atoms with E-state index in [-0.39, 0.29) is 11.5 Å². The Bertz CT molecular complexity index is 779. The van der Waals surface area contributed by atoms with Crippen molar-refractivity contribution in [2.75, 3.05) is 0 Å². The van der Waals surface area contributed by atoms with Gasteiger partial charge >= 0.3 is 0 Å². The molecule has 0 saturated heterocycles. The molecule has 0 aromatic rings. The Morgan fingerprint density at radius 1 is 0.806 bits per heavy atom. The van der Waals surface area contributed by atoms with Crippen molar-refractivity contribution in [1.29, 1.82) is 0 Å². The van der Waals surface area contributed by atoms with E-state index in [0.717, 1.165) is 30.1 Å². The summed E-state index contributed by atoms with van der Waals surface area (Å²) in [6.07, 6.45) is 14.5. The predicted octanol–water partition coefficient (Wildman–Crippen LogP) is 8.02. The van der Waals surface area contributed by atoms with Crippen molar-refractivity contribution in [2.45, 2.75) is 119 Å². The first-order valence-corrected chi connectivity index (χ1v) is 13.7. The highest BCUT2D eigenvalue weighted by atomic mass is 16.3. The summed E-state index contributed by atoms with van der Waals surface area (Å²) >= 11 is 0. The third kappa shape index (κ3) is 2.65. The molecule has 31 heavy (non-hydrogen) atoms. The van der Waals surface area contributed by atoms with E-state index in [1.54, 1.807) is 0 Å². The van der Waals surface area contributed by atoms with Gasteiger partial charge in [-0.05, 0) is 114 Å². The summed E-state index contributed by atoms with van der Waals surface area (Å²) in [6.45, 7) is 20.5. The van der Waals surface area contributed by atoms with Crippen LogP contribution in [0.2, 0.25) is 0 Å². The maximum absolute atomic E-state index is 10.9. The van der Waals surface area contributed by atoms with Crippen LogP contribution in [0, 0.1) is 56.7 Å². The summed E-state index contributed by atoms with van der Waals surface area (Å²) in [4.78, 5) is 0. The average Bonchev–Trinajstić information content (AvgIpc) is 2.69. The topological polar surface area (TPSA) is 20.2 Å². The third-order valence-corrected chi connectivity index (χ3v) is 13.4. The van der Waals surface area contributed by atoms with Crippen LogP contribution in [-0.2, 0) is 0 Å². The number of rotatable bonds is 0. The van der Waals surface area contributed by atoms with Gasteiger partial charge in [0, 0.05) is 0 Å². The number of fused-ring (bicyclic) bond motifs is 7. The Hall–Kier alpha value is -0.300. The Balaban J connectivity index is 1.59. The van der Waals surface area contributed by atoms with Gasteiger partial charge in [-0.25, -0.2) is 0 Å². The first kappa shape index (κ1) is 22.5.